The molecule has 55 heavy (non-hydrogen) atoms. The number of halogens is 4. The van der Waals surface area contributed by atoms with E-state index < -0.39 is 41.5 Å². The molecule has 0 bridgehead atoms. The molecule has 4 aliphatic heterocycles. The number of amides is 4. The van der Waals surface area contributed by atoms with Crippen LogP contribution < -0.4 is 15.8 Å². The standard InChI is InChI=1S/C38H48ClF3N6O7/c1-54-28-2-3-31-26(21-28)8-17-48(36(52)44-31)27-9-15-47(16-10-27)37(53)55-32(20-23-18-29(38(40,41)42)34(43)30(39)19-23)35(51)46-13-6-25(7-14-46)24-4-11-45(12-5-24)22-33(49)50/h2-3,18-19,21,24-25,27,32H,4-17,20,22,43H2,1H3,(H,44,52)(H,49,50)/t32-/m1/s1. The number of carbonyl (C=O) groups is 4. The molecule has 6 rings (SSSR count). The van der Waals surface area contributed by atoms with Crippen LogP contribution in [0.4, 0.5) is 34.1 Å². The molecule has 1 atom stereocenters. The van der Waals surface area contributed by atoms with E-state index in [0.29, 0.717) is 82.4 Å². The Bertz CT molecular complexity index is 1740. The Hall–Kier alpha value is -4.44. The van der Waals surface area contributed by atoms with Crippen molar-refractivity contribution < 1.29 is 46.9 Å². The molecule has 0 aliphatic carbocycles. The lowest BCUT2D eigenvalue weighted by Gasteiger charge is -2.41. The third-order valence-corrected chi connectivity index (χ3v) is 11.9. The van der Waals surface area contributed by atoms with Crippen LogP contribution in [0.1, 0.15) is 55.2 Å². The zero-order valence-corrected chi connectivity index (χ0v) is 31.5. The molecule has 0 aromatic heterocycles. The molecule has 4 heterocycles. The zero-order valence-electron chi connectivity index (χ0n) is 30.8. The van der Waals surface area contributed by atoms with Crippen LogP contribution in [0.5, 0.6) is 5.75 Å². The molecule has 300 valence electrons. The Kier molecular flexibility index (Phi) is 12.5. The number of hydrogen-bond donors (Lipinski definition) is 3. The minimum absolute atomic E-state index is 0.0165. The van der Waals surface area contributed by atoms with Crippen LogP contribution >= 0.6 is 11.6 Å². The number of rotatable bonds is 9. The number of likely N-dealkylation sites (tertiary alicyclic amines) is 3. The zero-order chi connectivity index (χ0) is 39.4. The van der Waals surface area contributed by atoms with E-state index in [9.17, 15) is 32.3 Å². The van der Waals surface area contributed by atoms with Gasteiger partial charge in [-0.05, 0) is 111 Å². The molecule has 13 nitrogen and oxygen atoms in total. The number of nitrogens with one attached hydrogen (secondary N) is 1. The molecule has 2 aromatic carbocycles. The summed E-state index contributed by atoms with van der Waals surface area (Å²) in [6, 6.07) is 7.21. The number of urea groups is 1. The quantitative estimate of drug-likeness (QED) is 0.276. The van der Waals surface area contributed by atoms with E-state index >= 15 is 0 Å². The average Bonchev–Trinajstić information content (AvgIpc) is 3.32. The highest BCUT2D eigenvalue weighted by molar-refractivity contribution is 6.33. The van der Waals surface area contributed by atoms with E-state index in [0.717, 1.165) is 30.2 Å². The highest BCUT2D eigenvalue weighted by atomic mass is 35.5. The molecular formula is C38H48ClF3N6O7. The third kappa shape index (κ3) is 9.69. The second-order valence-electron chi connectivity index (χ2n) is 14.9. The van der Waals surface area contributed by atoms with Crippen molar-refractivity contribution in [1.29, 1.82) is 0 Å². The molecule has 0 radical (unpaired) electrons. The van der Waals surface area contributed by atoms with Crippen molar-refractivity contribution in [3.8, 4) is 5.75 Å². The van der Waals surface area contributed by atoms with Crippen LogP contribution in [-0.2, 0) is 33.3 Å². The van der Waals surface area contributed by atoms with Gasteiger partial charge in [0.1, 0.15) is 5.75 Å². The number of ether oxygens (including phenoxy) is 2. The fourth-order valence-corrected chi connectivity index (χ4v) is 8.69. The maximum absolute atomic E-state index is 14.1. The van der Waals surface area contributed by atoms with Crippen molar-refractivity contribution in [2.75, 3.05) is 70.5 Å². The number of carboxylic acid groups (broad SMARTS) is 1. The van der Waals surface area contributed by atoms with Gasteiger partial charge in [0.25, 0.3) is 5.91 Å². The van der Waals surface area contributed by atoms with Gasteiger partial charge < -0.3 is 40.3 Å². The lowest BCUT2D eigenvalue weighted by Crippen LogP contribution is -2.52. The maximum atomic E-state index is 14.1. The van der Waals surface area contributed by atoms with Gasteiger partial charge in [-0.3, -0.25) is 14.5 Å². The van der Waals surface area contributed by atoms with Gasteiger partial charge >= 0.3 is 24.3 Å². The SMILES string of the molecule is COc1ccc2c(c1)CCN(C1CCN(C(=O)O[C@H](Cc3cc(Cl)c(N)c(C(F)(F)F)c3)C(=O)N3CCC(C4CCN(CC(=O)O)CC4)CC3)CC1)C(=O)N2. The van der Waals surface area contributed by atoms with E-state index in [1.54, 1.807) is 23.0 Å². The number of benzene rings is 2. The van der Waals surface area contributed by atoms with E-state index in [1.165, 1.54) is 11.0 Å². The summed E-state index contributed by atoms with van der Waals surface area (Å²) >= 11 is 6.12. The Morgan fingerprint density at radius 3 is 2.20 bits per heavy atom. The number of nitrogens with two attached hydrogens (primary N) is 1. The normalized spacial score (nSPS) is 20.0. The summed E-state index contributed by atoms with van der Waals surface area (Å²) < 4.78 is 52.8. The molecule has 0 saturated carbocycles. The van der Waals surface area contributed by atoms with Gasteiger partial charge in [0.2, 0.25) is 0 Å². The number of nitrogen functional groups attached to an aromatic ring is 1. The van der Waals surface area contributed by atoms with Gasteiger partial charge in [0.15, 0.2) is 6.10 Å². The summed E-state index contributed by atoms with van der Waals surface area (Å²) in [4.78, 5) is 58.8. The Balaban J connectivity index is 1.10. The van der Waals surface area contributed by atoms with Gasteiger partial charge in [-0.2, -0.15) is 13.2 Å². The molecule has 4 aliphatic rings. The topological polar surface area (TPSA) is 158 Å². The number of hydrogen-bond acceptors (Lipinski definition) is 8. The summed E-state index contributed by atoms with van der Waals surface area (Å²) in [6.45, 7) is 3.17. The predicted octanol–water partition coefficient (Wildman–Crippen LogP) is 5.59. The maximum Gasteiger partial charge on any atom is 0.418 e. The van der Waals surface area contributed by atoms with Crippen molar-refractivity contribution in [1.82, 2.24) is 19.6 Å². The molecule has 2 aromatic rings. The molecule has 3 saturated heterocycles. The van der Waals surface area contributed by atoms with Crippen molar-refractivity contribution in [2.24, 2.45) is 11.8 Å². The van der Waals surface area contributed by atoms with Crippen LogP contribution in [0.2, 0.25) is 5.02 Å². The second kappa shape index (κ2) is 17.1. The van der Waals surface area contributed by atoms with Crippen LogP contribution in [0.3, 0.4) is 0 Å². The minimum Gasteiger partial charge on any atom is -0.497 e. The first-order valence-corrected chi connectivity index (χ1v) is 19.2. The lowest BCUT2D eigenvalue weighted by molar-refractivity contribution is -0.142. The first kappa shape index (κ1) is 40.2. The van der Waals surface area contributed by atoms with E-state index in [4.69, 9.17) is 31.9 Å². The Morgan fingerprint density at radius 1 is 0.945 bits per heavy atom. The largest absolute Gasteiger partial charge is 0.497 e. The average molecular weight is 793 g/mol. The summed E-state index contributed by atoms with van der Waals surface area (Å²) in [5.74, 6) is 0.0811. The van der Waals surface area contributed by atoms with Crippen LogP contribution in [0.25, 0.3) is 0 Å². The Morgan fingerprint density at radius 2 is 1.58 bits per heavy atom. The second-order valence-corrected chi connectivity index (χ2v) is 15.3. The fraction of sp³-hybridized carbons (Fsp3) is 0.579. The smallest absolute Gasteiger partial charge is 0.418 e. The molecule has 4 N–H and O–H groups in total. The van der Waals surface area contributed by atoms with Crippen molar-refractivity contribution >= 4 is 47.0 Å². The summed E-state index contributed by atoms with van der Waals surface area (Å²) in [5, 5.41) is 11.8. The first-order chi connectivity index (χ1) is 26.2. The number of methoxy groups -OCH3 is 1. The van der Waals surface area contributed by atoms with Crippen LogP contribution in [-0.4, -0.2) is 120 Å². The number of nitrogens with zero attached hydrogens (tertiary/aromatic N) is 4. The van der Waals surface area contributed by atoms with Gasteiger partial charge in [0.05, 0.1) is 29.9 Å². The number of piperidine rings is 3. The highest BCUT2D eigenvalue weighted by Gasteiger charge is 2.39. The summed E-state index contributed by atoms with van der Waals surface area (Å²) in [6.07, 6.45) is -2.63. The summed E-state index contributed by atoms with van der Waals surface area (Å²) in [7, 11) is 1.58. The van der Waals surface area contributed by atoms with E-state index in [1.807, 2.05) is 17.0 Å². The van der Waals surface area contributed by atoms with Gasteiger partial charge in [-0.15, -0.1) is 0 Å². The van der Waals surface area contributed by atoms with Crippen LogP contribution in [0, 0.1) is 11.8 Å². The molecule has 0 unspecified atom stereocenters. The van der Waals surface area contributed by atoms with Gasteiger partial charge in [-0.1, -0.05) is 11.6 Å². The van der Waals surface area contributed by atoms with E-state index in [-0.39, 0.29) is 48.7 Å². The predicted molar refractivity (Wildman–Crippen MR) is 198 cm³/mol. The number of fused-ring (bicyclic) bond motifs is 1. The monoisotopic (exact) mass is 792 g/mol. The first-order valence-electron chi connectivity index (χ1n) is 18.8. The molecule has 0 spiro atoms. The molecular weight excluding hydrogens is 745 g/mol. The van der Waals surface area contributed by atoms with Crippen LogP contribution in [0.15, 0.2) is 30.3 Å². The Labute approximate surface area is 322 Å². The number of carboxylic acids is 1. The van der Waals surface area contributed by atoms with Gasteiger partial charge in [0, 0.05) is 50.9 Å². The highest BCUT2D eigenvalue weighted by Crippen LogP contribution is 2.39. The number of alkyl halides is 3. The molecule has 4 amide bonds. The number of aliphatic carboxylic acids is 1. The summed E-state index contributed by atoms with van der Waals surface area (Å²) in [5.41, 5.74) is 5.62. The van der Waals surface area contributed by atoms with Crippen molar-refractivity contribution in [3.63, 3.8) is 0 Å². The molecule has 3 fully saturated rings. The van der Waals surface area contributed by atoms with Gasteiger partial charge in [-0.25, -0.2) is 9.59 Å². The van der Waals surface area contributed by atoms with E-state index in [2.05, 4.69) is 5.32 Å². The number of anilines is 2. The lowest BCUT2D eigenvalue weighted by atomic mass is 9.78. The fourth-order valence-electron chi connectivity index (χ4n) is 8.45. The van der Waals surface area contributed by atoms with Crippen molar-refractivity contribution in [2.45, 2.75) is 69.7 Å². The van der Waals surface area contributed by atoms with Crippen molar-refractivity contribution in [3.05, 3.63) is 52.0 Å². The molecule has 17 heteroatoms. The minimum atomic E-state index is -4.80. The number of carbonyl (C=O) groups excluding carboxylic acids is 3. The third-order valence-electron chi connectivity index (χ3n) is 11.5.